The van der Waals surface area contributed by atoms with Gasteiger partial charge >= 0.3 is 6.03 Å². The number of aliphatic hydroxyl groups is 1. The molecule has 0 aromatic heterocycles. The molecule has 0 aliphatic heterocycles. The van der Waals surface area contributed by atoms with Crippen LogP contribution in [0.25, 0.3) is 0 Å². The molecule has 124 valence electrons. The lowest BCUT2D eigenvalue weighted by molar-refractivity contribution is 0.118. The molecule has 0 saturated carbocycles. The van der Waals surface area contributed by atoms with Gasteiger partial charge in [0.2, 0.25) is 0 Å². The maximum atomic E-state index is 12.4. The third-order valence-corrected chi connectivity index (χ3v) is 3.90. The van der Waals surface area contributed by atoms with Crippen molar-refractivity contribution < 1.29 is 9.90 Å². The zero-order valence-corrected chi connectivity index (χ0v) is 14.7. The second kappa shape index (κ2) is 7.63. The second-order valence-electron chi connectivity index (χ2n) is 6.95. The van der Waals surface area contributed by atoms with Crippen molar-refractivity contribution in [2.75, 3.05) is 13.1 Å². The van der Waals surface area contributed by atoms with Gasteiger partial charge in [-0.3, -0.25) is 0 Å². The molecule has 0 saturated heterocycles. The van der Waals surface area contributed by atoms with Gasteiger partial charge in [0.15, 0.2) is 0 Å². The third kappa shape index (κ3) is 5.02. The van der Waals surface area contributed by atoms with Crippen LogP contribution < -0.4 is 5.32 Å². The number of amides is 2. The van der Waals surface area contributed by atoms with Gasteiger partial charge in [0.25, 0.3) is 0 Å². The highest BCUT2D eigenvalue weighted by atomic mass is 16.3. The molecule has 0 aliphatic carbocycles. The van der Waals surface area contributed by atoms with Crippen molar-refractivity contribution in [1.29, 1.82) is 0 Å². The summed E-state index contributed by atoms with van der Waals surface area (Å²) in [4.78, 5) is 14.1. The first-order valence-corrected chi connectivity index (χ1v) is 7.94. The third-order valence-electron chi connectivity index (χ3n) is 3.90. The van der Waals surface area contributed by atoms with Crippen molar-refractivity contribution in [3.8, 4) is 0 Å². The fourth-order valence-electron chi connectivity index (χ4n) is 2.64. The Bertz CT molecular complexity index is 496. The van der Waals surface area contributed by atoms with Crippen molar-refractivity contribution >= 4 is 6.03 Å². The van der Waals surface area contributed by atoms with Crippen LogP contribution in [0.2, 0.25) is 0 Å². The molecule has 4 heteroatoms. The monoisotopic (exact) mass is 306 g/mol. The average Bonchev–Trinajstić information content (AvgIpc) is 2.42. The predicted molar refractivity (Wildman–Crippen MR) is 91.1 cm³/mol. The molecule has 0 fully saturated rings. The van der Waals surface area contributed by atoms with Crippen LogP contribution in [0.5, 0.6) is 0 Å². The molecule has 0 bridgehead atoms. The Morgan fingerprint density at radius 2 is 1.86 bits per heavy atom. The molecule has 2 amide bonds. The molecule has 1 aromatic carbocycles. The number of nitrogens with zero attached hydrogens (tertiary/aromatic N) is 1. The van der Waals surface area contributed by atoms with Crippen LogP contribution in [0.15, 0.2) is 24.3 Å². The minimum absolute atomic E-state index is 0.0520. The van der Waals surface area contributed by atoms with Gasteiger partial charge in [0.05, 0.1) is 6.10 Å². The van der Waals surface area contributed by atoms with Gasteiger partial charge in [-0.2, -0.15) is 0 Å². The van der Waals surface area contributed by atoms with Crippen LogP contribution in [0.3, 0.4) is 0 Å². The van der Waals surface area contributed by atoms with Gasteiger partial charge in [0, 0.05) is 24.5 Å². The van der Waals surface area contributed by atoms with Crippen LogP contribution in [-0.4, -0.2) is 41.3 Å². The zero-order valence-electron chi connectivity index (χ0n) is 14.7. The molecule has 2 N–H and O–H groups in total. The Hall–Kier alpha value is -1.55. The van der Waals surface area contributed by atoms with E-state index in [1.54, 1.807) is 11.8 Å². The van der Waals surface area contributed by atoms with E-state index in [-0.39, 0.29) is 17.5 Å². The van der Waals surface area contributed by atoms with E-state index < -0.39 is 6.10 Å². The van der Waals surface area contributed by atoms with E-state index in [4.69, 9.17) is 0 Å². The number of aryl methyl sites for hydroxylation is 1. The first kappa shape index (κ1) is 18.5. The molecule has 1 unspecified atom stereocenters. The fourth-order valence-corrected chi connectivity index (χ4v) is 2.64. The molecular formula is C18H30N2O2. The summed E-state index contributed by atoms with van der Waals surface area (Å²) in [6, 6.07) is 8.18. The molecule has 1 rings (SSSR count). The molecule has 0 radical (unpaired) electrons. The second-order valence-corrected chi connectivity index (χ2v) is 6.95. The average molecular weight is 306 g/mol. The van der Waals surface area contributed by atoms with Crippen LogP contribution in [0, 0.1) is 6.92 Å². The summed E-state index contributed by atoms with van der Waals surface area (Å²) < 4.78 is 0. The van der Waals surface area contributed by atoms with Gasteiger partial charge in [-0.15, -0.1) is 0 Å². The Labute approximate surface area is 134 Å². The van der Waals surface area contributed by atoms with Crippen molar-refractivity contribution in [2.24, 2.45) is 0 Å². The van der Waals surface area contributed by atoms with Crippen LogP contribution in [-0.2, 0) is 5.41 Å². The molecule has 0 heterocycles. The number of urea groups is 1. The van der Waals surface area contributed by atoms with Gasteiger partial charge in [0.1, 0.15) is 0 Å². The summed E-state index contributed by atoms with van der Waals surface area (Å²) in [5, 5.41) is 12.6. The predicted octanol–water partition coefficient (Wildman–Crippen LogP) is 3.07. The first-order valence-electron chi connectivity index (χ1n) is 7.94. The van der Waals surface area contributed by atoms with E-state index in [0.29, 0.717) is 13.1 Å². The van der Waals surface area contributed by atoms with Crippen molar-refractivity contribution in [1.82, 2.24) is 10.2 Å². The number of rotatable bonds is 6. The van der Waals surface area contributed by atoms with E-state index in [0.717, 1.165) is 0 Å². The normalized spacial score (nSPS) is 13.1. The number of hydrogen-bond donors (Lipinski definition) is 2. The lowest BCUT2D eigenvalue weighted by atomic mass is 9.82. The minimum atomic E-state index is -0.530. The number of carbonyl (C=O) groups excluding carboxylic acids is 1. The van der Waals surface area contributed by atoms with Gasteiger partial charge < -0.3 is 15.3 Å². The molecule has 0 aliphatic rings. The maximum Gasteiger partial charge on any atom is 0.317 e. The number of hydrogen-bond acceptors (Lipinski definition) is 2. The largest absolute Gasteiger partial charge is 0.392 e. The van der Waals surface area contributed by atoms with Gasteiger partial charge in [-0.25, -0.2) is 4.79 Å². The van der Waals surface area contributed by atoms with Crippen molar-refractivity contribution in [2.45, 2.75) is 59.1 Å². The van der Waals surface area contributed by atoms with Crippen LogP contribution in [0.4, 0.5) is 4.79 Å². The standard InChI is InChI=1S/C18H30N2O2/c1-13(2)20(11-15(4)21)17(22)19-12-18(5,6)16-10-8-7-9-14(16)3/h7-10,13,15,21H,11-12H2,1-6H3,(H,19,22). The number of carbonyl (C=O) groups is 1. The summed E-state index contributed by atoms with van der Waals surface area (Å²) in [7, 11) is 0. The minimum Gasteiger partial charge on any atom is -0.392 e. The number of aliphatic hydroxyl groups excluding tert-OH is 1. The molecule has 4 nitrogen and oxygen atoms in total. The van der Waals surface area contributed by atoms with Gasteiger partial charge in [-0.05, 0) is 38.8 Å². The molecule has 22 heavy (non-hydrogen) atoms. The molecule has 0 spiro atoms. The lowest BCUT2D eigenvalue weighted by Gasteiger charge is -2.32. The lowest BCUT2D eigenvalue weighted by Crippen LogP contribution is -2.49. The smallest absolute Gasteiger partial charge is 0.317 e. The summed E-state index contributed by atoms with van der Waals surface area (Å²) >= 11 is 0. The van der Waals surface area contributed by atoms with Crippen LogP contribution >= 0.6 is 0 Å². The van der Waals surface area contributed by atoms with Crippen LogP contribution in [0.1, 0.15) is 45.7 Å². The fraction of sp³-hybridized carbons (Fsp3) is 0.611. The van der Waals surface area contributed by atoms with E-state index in [1.807, 2.05) is 26.0 Å². The summed E-state index contributed by atoms with van der Waals surface area (Å²) in [5.41, 5.74) is 2.32. The highest BCUT2D eigenvalue weighted by molar-refractivity contribution is 5.74. The van der Waals surface area contributed by atoms with Crippen molar-refractivity contribution in [3.05, 3.63) is 35.4 Å². The van der Waals surface area contributed by atoms with E-state index in [1.165, 1.54) is 11.1 Å². The topological polar surface area (TPSA) is 52.6 Å². The SMILES string of the molecule is Cc1ccccc1C(C)(C)CNC(=O)N(CC(C)O)C(C)C. The molecular weight excluding hydrogens is 276 g/mol. The number of benzene rings is 1. The highest BCUT2D eigenvalue weighted by Crippen LogP contribution is 2.25. The first-order chi connectivity index (χ1) is 10.1. The van der Waals surface area contributed by atoms with Crippen molar-refractivity contribution in [3.63, 3.8) is 0 Å². The van der Waals surface area contributed by atoms with Gasteiger partial charge in [-0.1, -0.05) is 38.1 Å². The maximum absolute atomic E-state index is 12.4. The van der Waals surface area contributed by atoms with E-state index in [9.17, 15) is 9.90 Å². The van der Waals surface area contributed by atoms with E-state index >= 15 is 0 Å². The Kier molecular flexibility index (Phi) is 6.42. The Morgan fingerprint density at radius 3 is 2.36 bits per heavy atom. The molecule has 1 atom stereocenters. The highest BCUT2D eigenvalue weighted by Gasteiger charge is 2.25. The summed E-state index contributed by atoms with van der Waals surface area (Å²) in [5.74, 6) is 0. The summed E-state index contributed by atoms with van der Waals surface area (Å²) in [6.07, 6.45) is -0.530. The zero-order chi connectivity index (χ0) is 16.9. The summed E-state index contributed by atoms with van der Waals surface area (Å²) in [6.45, 7) is 12.8. The Balaban J connectivity index is 2.75. The quantitative estimate of drug-likeness (QED) is 0.848. The van der Waals surface area contributed by atoms with E-state index in [2.05, 4.69) is 38.2 Å². The molecule has 1 aromatic rings. The number of nitrogens with one attached hydrogen (secondary N) is 1. The Morgan fingerprint density at radius 1 is 1.27 bits per heavy atom.